The summed E-state index contributed by atoms with van der Waals surface area (Å²) in [5.74, 6) is -0.470. The Bertz CT molecular complexity index is 337. The Labute approximate surface area is 97.6 Å². The first kappa shape index (κ1) is 12.2. The summed E-state index contributed by atoms with van der Waals surface area (Å²) in [6.45, 7) is 1.76. The third kappa shape index (κ3) is 3.64. The van der Waals surface area contributed by atoms with E-state index < -0.39 is 0 Å². The zero-order valence-corrected chi connectivity index (χ0v) is 10.1. The minimum Gasteiger partial charge on any atom is -0.396 e. The number of hydrogen-bond acceptors (Lipinski definition) is 2. The summed E-state index contributed by atoms with van der Waals surface area (Å²) < 4.78 is 0.914. The third-order valence-corrected chi connectivity index (χ3v) is 2.67. The molecule has 0 aromatic heterocycles. The van der Waals surface area contributed by atoms with Gasteiger partial charge in [-0.3, -0.25) is 4.79 Å². The Balaban J connectivity index is 2.65. The van der Waals surface area contributed by atoms with E-state index in [1.165, 1.54) is 0 Å². The van der Waals surface area contributed by atoms with E-state index in [4.69, 9.17) is 5.11 Å². The number of anilines is 1. The Morgan fingerprint density at radius 3 is 2.87 bits per heavy atom. The van der Waals surface area contributed by atoms with Gasteiger partial charge in [-0.15, -0.1) is 0 Å². The van der Waals surface area contributed by atoms with Crippen LogP contribution in [-0.4, -0.2) is 17.6 Å². The van der Waals surface area contributed by atoms with E-state index in [9.17, 15) is 4.79 Å². The van der Waals surface area contributed by atoms with Crippen LogP contribution >= 0.6 is 15.9 Å². The second-order valence-electron chi connectivity index (χ2n) is 3.29. The van der Waals surface area contributed by atoms with E-state index in [0.29, 0.717) is 6.42 Å². The lowest BCUT2D eigenvalue weighted by Gasteiger charge is -2.12. The molecule has 0 aliphatic rings. The van der Waals surface area contributed by atoms with Gasteiger partial charge in [0.2, 0.25) is 5.91 Å². The molecule has 0 saturated heterocycles. The molecule has 0 radical (unpaired) electrons. The van der Waals surface area contributed by atoms with E-state index in [0.717, 1.165) is 10.2 Å². The average Bonchev–Trinajstić information content (AvgIpc) is 2.19. The molecule has 0 aliphatic heterocycles. The van der Waals surface area contributed by atoms with Crippen molar-refractivity contribution < 1.29 is 9.90 Å². The molecule has 1 aromatic rings. The molecule has 15 heavy (non-hydrogen) atoms. The lowest BCUT2D eigenvalue weighted by molar-refractivity contribution is -0.121. The highest BCUT2D eigenvalue weighted by molar-refractivity contribution is 9.10. The van der Waals surface area contributed by atoms with Gasteiger partial charge in [-0.05, 0) is 24.6 Å². The number of aliphatic hydroxyl groups excluding tert-OH is 1. The topological polar surface area (TPSA) is 49.3 Å². The van der Waals surface area contributed by atoms with Crippen LogP contribution in [0.4, 0.5) is 5.69 Å². The summed E-state index contributed by atoms with van der Waals surface area (Å²) in [7, 11) is 0. The molecule has 0 spiro atoms. The predicted molar refractivity (Wildman–Crippen MR) is 63.6 cm³/mol. The molecule has 1 aromatic carbocycles. The summed E-state index contributed by atoms with van der Waals surface area (Å²) in [5, 5.41) is 11.7. The van der Waals surface area contributed by atoms with Gasteiger partial charge in [-0.1, -0.05) is 28.9 Å². The van der Waals surface area contributed by atoms with E-state index in [2.05, 4.69) is 21.2 Å². The molecular weight excluding hydrogens is 258 g/mol. The van der Waals surface area contributed by atoms with Crippen molar-refractivity contribution in [3.05, 3.63) is 28.7 Å². The van der Waals surface area contributed by atoms with Gasteiger partial charge in [0.05, 0.1) is 12.5 Å². The summed E-state index contributed by atoms with van der Waals surface area (Å²) in [6, 6.07) is 7.37. The first-order valence-corrected chi connectivity index (χ1v) is 5.64. The van der Waals surface area contributed by atoms with Crippen LogP contribution in [0.5, 0.6) is 0 Å². The van der Waals surface area contributed by atoms with Crippen LogP contribution in [0.15, 0.2) is 28.7 Å². The number of benzene rings is 1. The number of nitrogens with one attached hydrogen (secondary N) is 1. The highest BCUT2D eigenvalue weighted by Gasteiger charge is 2.14. The van der Waals surface area contributed by atoms with E-state index in [1.807, 2.05) is 31.2 Å². The molecule has 1 rings (SSSR count). The number of carbonyl (C=O) groups is 1. The molecule has 0 fully saturated rings. The van der Waals surface area contributed by atoms with Gasteiger partial charge in [0, 0.05) is 10.2 Å². The molecule has 1 amide bonds. The van der Waals surface area contributed by atoms with Crippen LogP contribution in [-0.2, 0) is 4.79 Å². The predicted octanol–water partition coefficient (Wildman–Crippen LogP) is 2.41. The minimum atomic E-state index is -0.330. The molecule has 0 bridgehead atoms. The summed E-state index contributed by atoms with van der Waals surface area (Å²) in [6.07, 6.45) is 0.635. The maximum atomic E-state index is 11.6. The normalized spacial score (nSPS) is 12.2. The van der Waals surface area contributed by atoms with Crippen molar-refractivity contribution in [2.75, 3.05) is 11.9 Å². The molecule has 0 saturated carbocycles. The fourth-order valence-electron chi connectivity index (χ4n) is 1.21. The van der Waals surface area contributed by atoms with Crippen molar-refractivity contribution in [2.24, 2.45) is 5.92 Å². The minimum absolute atomic E-state index is 0.115. The molecule has 2 N–H and O–H groups in total. The SMILES string of the molecule is CCC(CO)C(=O)Nc1cccc(Br)c1. The standard InChI is InChI=1S/C11H14BrNO2/c1-2-8(7-14)11(15)13-10-5-3-4-9(12)6-10/h3-6,8,14H,2,7H2,1H3,(H,13,15). The molecule has 1 atom stereocenters. The zero-order valence-electron chi connectivity index (χ0n) is 8.53. The highest BCUT2D eigenvalue weighted by Crippen LogP contribution is 2.16. The summed E-state index contributed by atoms with van der Waals surface area (Å²) in [5.41, 5.74) is 0.737. The maximum absolute atomic E-state index is 11.6. The number of amides is 1. The van der Waals surface area contributed by atoms with Crippen molar-refractivity contribution in [3.63, 3.8) is 0 Å². The molecular formula is C11H14BrNO2. The van der Waals surface area contributed by atoms with Crippen LogP contribution in [0.2, 0.25) is 0 Å². The van der Waals surface area contributed by atoms with Gasteiger partial charge in [-0.25, -0.2) is 0 Å². The number of carbonyl (C=O) groups excluding carboxylic acids is 1. The van der Waals surface area contributed by atoms with Gasteiger partial charge in [0.25, 0.3) is 0 Å². The Kier molecular flexibility index (Phi) is 4.78. The van der Waals surface area contributed by atoms with Crippen LogP contribution in [0.1, 0.15) is 13.3 Å². The molecule has 1 unspecified atom stereocenters. The van der Waals surface area contributed by atoms with Gasteiger partial charge in [-0.2, -0.15) is 0 Å². The van der Waals surface area contributed by atoms with Crippen molar-refractivity contribution in [1.82, 2.24) is 0 Å². The smallest absolute Gasteiger partial charge is 0.229 e. The monoisotopic (exact) mass is 271 g/mol. The Hall–Kier alpha value is -0.870. The first-order chi connectivity index (χ1) is 7.17. The van der Waals surface area contributed by atoms with Crippen LogP contribution in [0, 0.1) is 5.92 Å². The molecule has 3 nitrogen and oxygen atoms in total. The quantitative estimate of drug-likeness (QED) is 0.884. The fraction of sp³-hybridized carbons (Fsp3) is 0.364. The van der Waals surface area contributed by atoms with Crippen LogP contribution in [0.25, 0.3) is 0 Å². The number of aliphatic hydroxyl groups is 1. The van der Waals surface area contributed by atoms with Crippen molar-refractivity contribution >= 4 is 27.5 Å². The number of halogens is 1. The average molecular weight is 272 g/mol. The van der Waals surface area contributed by atoms with E-state index >= 15 is 0 Å². The van der Waals surface area contributed by atoms with Gasteiger partial charge in [0.15, 0.2) is 0 Å². The lowest BCUT2D eigenvalue weighted by atomic mass is 10.1. The highest BCUT2D eigenvalue weighted by atomic mass is 79.9. The van der Waals surface area contributed by atoms with Gasteiger partial charge >= 0.3 is 0 Å². The molecule has 0 aliphatic carbocycles. The van der Waals surface area contributed by atoms with E-state index in [1.54, 1.807) is 0 Å². The molecule has 4 heteroatoms. The van der Waals surface area contributed by atoms with Crippen molar-refractivity contribution in [2.45, 2.75) is 13.3 Å². The van der Waals surface area contributed by atoms with Gasteiger partial charge in [0.1, 0.15) is 0 Å². The Morgan fingerprint density at radius 2 is 2.33 bits per heavy atom. The summed E-state index contributed by atoms with van der Waals surface area (Å²) in [4.78, 5) is 11.6. The number of hydrogen-bond donors (Lipinski definition) is 2. The second-order valence-corrected chi connectivity index (χ2v) is 4.20. The first-order valence-electron chi connectivity index (χ1n) is 4.84. The van der Waals surface area contributed by atoms with E-state index in [-0.39, 0.29) is 18.4 Å². The van der Waals surface area contributed by atoms with Crippen LogP contribution in [0.3, 0.4) is 0 Å². The summed E-state index contributed by atoms with van der Waals surface area (Å²) >= 11 is 3.32. The third-order valence-electron chi connectivity index (χ3n) is 2.18. The maximum Gasteiger partial charge on any atom is 0.229 e. The van der Waals surface area contributed by atoms with Crippen molar-refractivity contribution in [3.8, 4) is 0 Å². The molecule has 0 heterocycles. The lowest BCUT2D eigenvalue weighted by Crippen LogP contribution is -2.24. The zero-order chi connectivity index (χ0) is 11.3. The number of rotatable bonds is 4. The second kappa shape index (κ2) is 5.88. The largest absolute Gasteiger partial charge is 0.396 e. The van der Waals surface area contributed by atoms with Gasteiger partial charge < -0.3 is 10.4 Å². The van der Waals surface area contributed by atoms with Crippen LogP contribution < -0.4 is 5.32 Å². The van der Waals surface area contributed by atoms with Crippen molar-refractivity contribution in [1.29, 1.82) is 0 Å². The fourth-order valence-corrected chi connectivity index (χ4v) is 1.61. The molecule has 82 valence electrons. The Morgan fingerprint density at radius 1 is 1.60 bits per heavy atom.